The zero-order chi connectivity index (χ0) is 17.8. The molecule has 1 aromatic carbocycles. The Balaban J connectivity index is 2.81. The zero-order valence-electron chi connectivity index (χ0n) is 15.1. The number of benzene rings is 1. The van der Waals surface area contributed by atoms with E-state index in [1.54, 1.807) is 0 Å². The third-order valence-electron chi connectivity index (χ3n) is 3.09. The van der Waals surface area contributed by atoms with Crippen LogP contribution in [0.1, 0.15) is 46.1 Å². The van der Waals surface area contributed by atoms with Gasteiger partial charge in [0.05, 0.1) is 0 Å². The Labute approximate surface area is 145 Å². The number of rotatable bonds is 6. The lowest BCUT2D eigenvalue weighted by Gasteiger charge is -2.04. The average molecular weight is 321 g/mol. The minimum absolute atomic E-state index is 0.324. The molecule has 0 aliphatic rings. The molecule has 1 rings (SSSR count). The quantitative estimate of drug-likeness (QED) is 0.300. The van der Waals surface area contributed by atoms with E-state index in [1.807, 2.05) is 76.3 Å². The maximum absolute atomic E-state index is 8.16. The second-order valence-electron chi connectivity index (χ2n) is 5.72. The van der Waals surface area contributed by atoms with Gasteiger partial charge in [0, 0.05) is 17.7 Å². The van der Waals surface area contributed by atoms with Crippen molar-refractivity contribution in [3.8, 4) is 0 Å². The van der Waals surface area contributed by atoms with Crippen LogP contribution in [0.25, 0.3) is 0 Å². The molecule has 3 nitrogen and oxygen atoms in total. The smallest absolute Gasteiger partial charge is 0.161 e. The summed E-state index contributed by atoms with van der Waals surface area (Å²) in [5, 5.41) is 8.16. The van der Waals surface area contributed by atoms with Gasteiger partial charge in [0.15, 0.2) is 5.84 Å². The van der Waals surface area contributed by atoms with Gasteiger partial charge in [0.25, 0.3) is 0 Å². The first-order chi connectivity index (χ1) is 11.5. The Bertz CT molecular complexity index is 670. The Kier molecular flexibility index (Phi) is 8.98. The first kappa shape index (κ1) is 19.5. The molecule has 0 saturated heterocycles. The van der Waals surface area contributed by atoms with E-state index in [1.165, 1.54) is 0 Å². The normalized spacial score (nSPS) is 12.8. The molecule has 24 heavy (non-hydrogen) atoms. The molecule has 1 aromatic rings. The van der Waals surface area contributed by atoms with Crippen LogP contribution in [0, 0.1) is 5.41 Å². The highest BCUT2D eigenvalue weighted by molar-refractivity contribution is 6.10. The summed E-state index contributed by atoms with van der Waals surface area (Å²) >= 11 is 0. The number of aliphatic imine (C=N–C) groups is 2. The monoisotopic (exact) mass is 321 g/mol. The van der Waals surface area contributed by atoms with Crippen molar-refractivity contribution in [2.45, 2.75) is 40.5 Å². The number of nitrogens with one attached hydrogen (secondary N) is 1. The molecule has 0 saturated carbocycles. The molecular formula is C21H27N3. The Morgan fingerprint density at radius 3 is 2.38 bits per heavy atom. The van der Waals surface area contributed by atoms with Gasteiger partial charge < -0.3 is 0 Å². The molecule has 0 heterocycles. The van der Waals surface area contributed by atoms with Crippen LogP contribution in [0.4, 0.5) is 0 Å². The molecular weight excluding hydrogens is 294 g/mol. The maximum atomic E-state index is 8.16. The van der Waals surface area contributed by atoms with Crippen molar-refractivity contribution in [2.75, 3.05) is 0 Å². The number of amidine groups is 2. The summed E-state index contributed by atoms with van der Waals surface area (Å²) in [6.07, 6.45) is 11.7. The minimum atomic E-state index is 0.324. The Morgan fingerprint density at radius 2 is 1.75 bits per heavy atom. The molecule has 0 spiro atoms. The molecule has 3 heteroatoms. The highest BCUT2D eigenvalue weighted by Crippen LogP contribution is 2.08. The van der Waals surface area contributed by atoms with Gasteiger partial charge >= 0.3 is 0 Å². The van der Waals surface area contributed by atoms with E-state index < -0.39 is 0 Å². The predicted octanol–water partition coefficient (Wildman–Crippen LogP) is 5.75. The van der Waals surface area contributed by atoms with E-state index in [2.05, 4.69) is 22.1 Å². The summed E-state index contributed by atoms with van der Waals surface area (Å²) < 4.78 is 0. The predicted molar refractivity (Wildman–Crippen MR) is 106 cm³/mol. The van der Waals surface area contributed by atoms with E-state index in [-0.39, 0.29) is 0 Å². The van der Waals surface area contributed by atoms with Crippen molar-refractivity contribution in [1.82, 2.24) is 0 Å². The molecule has 0 aliphatic carbocycles. The summed E-state index contributed by atoms with van der Waals surface area (Å²) in [5.41, 5.74) is 2.99. The lowest BCUT2D eigenvalue weighted by Crippen LogP contribution is -2.05. The molecule has 0 aromatic heterocycles. The lowest BCUT2D eigenvalue weighted by atomic mass is 10.1. The van der Waals surface area contributed by atoms with E-state index in [0.29, 0.717) is 18.1 Å². The van der Waals surface area contributed by atoms with Gasteiger partial charge in [-0.15, -0.1) is 0 Å². The topological polar surface area (TPSA) is 48.6 Å². The third-order valence-corrected chi connectivity index (χ3v) is 3.09. The van der Waals surface area contributed by atoms with Gasteiger partial charge in [0.2, 0.25) is 0 Å². The first-order valence-corrected chi connectivity index (χ1v) is 8.19. The van der Waals surface area contributed by atoms with Crippen LogP contribution >= 0.6 is 0 Å². The molecule has 126 valence electrons. The van der Waals surface area contributed by atoms with Crippen LogP contribution in [0.2, 0.25) is 0 Å². The number of nitrogens with zero attached hydrogens (tertiary/aromatic N) is 2. The van der Waals surface area contributed by atoms with Gasteiger partial charge in [-0.1, -0.05) is 66.3 Å². The third kappa shape index (κ3) is 8.18. The van der Waals surface area contributed by atoms with Gasteiger partial charge in [-0.3, -0.25) is 5.41 Å². The largest absolute Gasteiger partial charge is 0.286 e. The van der Waals surface area contributed by atoms with Gasteiger partial charge in [-0.25, -0.2) is 9.98 Å². The SMILES string of the molecule is C/C=C\C=CC/C=C(\C)CC(=N)/N=C(\N=C(C)C)c1ccccc1. The van der Waals surface area contributed by atoms with Crippen LogP contribution in [0.3, 0.4) is 0 Å². The van der Waals surface area contributed by atoms with Gasteiger partial charge in [-0.05, 0) is 34.1 Å². The molecule has 1 N–H and O–H groups in total. The van der Waals surface area contributed by atoms with Crippen molar-refractivity contribution in [3.05, 3.63) is 71.8 Å². The van der Waals surface area contributed by atoms with E-state index in [0.717, 1.165) is 23.3 Å². The van der Waals surface area contributed by atoms with Gasteiger partial charge in [0.1, 0.15) is 5.84 Å². The summed E-state index contributed by atoms with van der Waals surface area (Å²) in [6.45, 7) is 7.90. The zero-order valence-corrected chi connectivity index (χ0v) is 15.1. The highest BCUT2D eigenvalue weighted by atomic mass is 15.0. The summed E-state index contributed by atoms with van der Waals surface area (Å²) in [5.74, 6) is 0.923. The van der Waals surface area contributed by atoms with E-state index in [4.69, 9.17) is 5.41 Å². The number of hydrogen-bond acceptors (Lipinski definition) is 1. The lowest BCUT2D eigenvalue weighted by molar-refractivity contribution is 1.17. The van der Waals surface area contributed by atoms with Crippen molar-refractivity contribution in [2.24, 2.45) is 9.98 Å². The molecule has 0 fully saturated rings. The fourth-order valence-corrected chi connectivity index (χ4v) is 1.99. The van der Waals surface area contributed by atoms with E-state index >= 15 is 0 Å². The summed E-state index contributed by atoms with van der Waals surface area (Å²) in [7, 11) is 0. The number of hydrogen-bond donors (Lipinski definition) is 1. The molecule has 0 amide bonds. The van der Waals surface area contributed by atoms with Crippen molar-refractivity contribution < 1.29 is 0 Å². The van der Waals surface area contributed by atoms with Crippen LogP contribution in [0.5, 0.6) is 0 Å². The van der Waals surface area contributed by atoms with Crippen molar-refractivity contribution in [1.29, 1.82) is 5.41 Å². The molecule has 0 atom stereocenters. The molecule has 0 unspecified atom stereocenters. The fraction of sp³-hybridized carbons (Fsp3) is 0.286. The molecule has 0 radical (unpaired) electrons. The minimum Gasteiger partial charge on any atom is -0.286 e. The maximum Gasteiger partial charge on any atom is 0.161 e. The van der Waals surface area contributed by atoms with Crippen molar-refractivity contribution in [3.63, 3.8) is 0 Å². The van der Waals surface area contributed by atoms with Crippen molar-refractivity contribution >= 4 is 17.4 Å². The summed E-state index contributed by atoms with van der Waals surface area (Å²) in [6, 6.07) is 9.80. The molecule has 0 aliphatic heterocycles. The Morgan fingerprint density at radius 1 is 1.04 bits per heavy atom. The standard InChI is InChI=1S/C21H27N3/c1-5-6-7-8-10-13-18(4)16-20(22)24-21(23-17(2)3)19-14-11-9-12-15-19/h5-9,11-15,22H,10,16H2,1-4H3/b6-5-,8-7?,18-13+,22-20?,24-21-. The fourth-order valence-electron chi connectivity index (χ4n) is 1.99. The second-order valence-corrected chi connectivity index (χ2v) is 5.72. The van der Waals surface area contributed by atoms with Crippen LogP contribution in [0.15, 0.2) is 76.3 Å². The molecule has 0 bridgehead atoms. The van der Waals surface area contributed by atoms with E-state index in [9.17, 15) is 0 Å². The second kappa shape index (κ2) is 11.1. The number of allylic oxidation sites excluding steroid dienone is 5. The van der Waals surface area contributed by atoms with Crippen LogP contribution in [-0.2, 0) is 0 Å². The van der Waals surface area contributed by atoms with Crippen LogP contribution < -0.4 is 0 Å². The average Bonchev–Trinajstić information content (AvgIpc) is 2.54. The summed E-state index contributed by atoms with van der Waals surface area (Å²) in [4.78, 5) is 8.90. The highest BCUT2D eigenvalue weighted by Gasteiger charge is 2.04. The van der Waals surface area contributed by atoms with Gasteiger partial charge in [-0.2, -0.15) is 0 Å². The van der Waals surface area contributed by atoms with Crippen LogP contribution in [-0.4, -0.2) is 17.4 Å². The first-order valence-electron chi connectivity index (χ1n) is 8.19. The Hall–Kier alpha value is -2.55.